The van der Waals surface area contributed by atoms with E-state index in [0.717, 1.165) is 57.3 Å². The highest BCUT2D eigenvalue weighted by Gasteiger charge is 2.17. The number of aryl methyl sites for hydroxylation is 1. The molecule has 0 amide bonds. The zero-order chi connectivity index (χ0) is 21.9. The lowest BCUT2D eigenvalue weighted by atomic mass is 10.1. The van der Waals surface area contributed by atoms with E-state index in [-0.39, 0.29) is 24.0 Å². The molecule has 1 saturated heterocycles. The lowest BCUT2D eigenvalue weighted by molar-refractivity contribution is 0.0392. The van der Waals surface area contributed by atoms with Gasteiger partial charge >= 0.3 is 0 Å². The average molecular weight is 573 g/mol. The first-order valence-corrected chi connectivity index (χ1v) is 12.0. The molecule has 6 nitrogen and oxygen atoms in total. The molecule has 1 aliphatic rings. The van der Waals surface area contributed by atoms with Crippen LogP contribution in [-0.2, 0) is 24.2 Å². The number of ether oxygens (including phenoxy) is 2. The standard InChI is InChI=1S/C24H36N4O2S.HI/c1-4-22-8-9-23(31-22)18-27-24(25-2)26-17-19-6-5-7-21(16-19)30-15-12-28(3)20-10-13-29-14-11-20;/h5-9,16,20H,4,10-15,17-18H2,1-3H3,(H2,25,26,27);1H. The predicted molar refractivity (Wildman–Crippen MR) is 145 cm³/mol. The van der Waals surface area contributed by atoms with E-state index in [1.165, 1.54) is 15.3 Å². The molecule has 0 saturated carbocycles. The molecule has 2 N–H and O–H groups in total. The van der Waals surface area contributed by atoms with Crippen LogP contribution in [0.1, 0.15) is 35.1 Å². The minimum Gasteiger partial charge on any atom is -0.492 e. The maximum absolute atomic E-state index is 6.01. The van der Waals surface area contributed by atoms with Gasteiger partial charge in [0.2, 0.25) is 0 Å². The van der Waals surface area contributed by atoms with Crippen LogP contribution in [0.4, 0.5) is 0 Å². The average Bonchev–Trinajstić information content (AvgIpc) is 3.28. The van der Waals surface area contributed by atoms with Gasteiger partial charge in [0.15, 0.2) is 5.96 Å². The van der Waals surface area contributed by atoms with Gasteiger partial charge in [-0.3, -0.25) is 9.89 Å². The summed E-state index contributed by atoms with van der Waals surface area (Å²) in [5.74, 6) is 1.71. The fourth-order valence-corrected chi connectivity index (χ4v) is 4.54. The van der Waals surface area contributed by atoms with Crippen molar-refractivity contribution in [2.75, 3.05) is 40.5 Å². The Bertz CT molecular complexity index is 824. The first-order chi connectivity index (χ1) is 15.2. The van der Waals surface area contributed by atoms with E-state index in [9.17, 15) is 0 Å². The van der Waals surface area contributed by atoms with Crippen molar-refractivity contribution in [3.8, 4) is 5.75 Å². The van der Waals surface area contributed by atoms with Gasteiger partial charge in [-0.1, -0.05) is 19.1 Å². The number of halogens is 1. The van der Waals surface area contributed by atoms with Gasteiger partial charge in [0, 0.05) is 49.1 Å². The molecule has 0 radical (unpaired) electrons. The second kappa shape index (κ2) is 14.7. The van der Waals surface area contributed by atoms with Crippen LogP contribution in [0.15, 0.2) is 41.4 Å². The summed E-state index contributed by atoms with van der Waals surface area (Å²) >= 11 is 1.85. The predicted octanol–water partition coefficient (Wildman–Crippen LogP) is 4.28. The van der Waals surface area contributed by atoms with E-state index in [4.69, 9.17) is 9.47 Å². The maximum Gasteiger partial charge on any atom is 0.191 e. The molecule has 32 heavy (non-hydrogen) atoms. The summed E-state index contributed by atoms with van der Waals surface area (Å²) in [7, 11) is 3.98. The van der Waals surface area contributed by atoms with Crippen molar-refractivity contribution >= 4 is 41.3 Å². The van der Waals surface area contributed by atoms with Gasteiger partial charge in [0.25, 0.3) is 0 Å². The van der Waals surface area contributed by atoms with Gasteiger partial charge in [0.05, 0.1) is 6.54 Å². The van der Waals surface area contributed by atoms with E-state index in [0.29, 0.717) is 19.2 Å². The Labute approximate surface area is 213 Å². The fraction of sp³-hybridized carbons (Fsp3) is 0.542. The molecule has 1 aliphatic heterocycles. The van der Waals surface area contributed by atoms with Crippen LogP contribution in [0.5, 0.6) is 5.75 Å². The Kier molecular flexibility index (Phi) is 12.4. The van der Waals surface area contributed by atoms with Crippen LogP contribution >= 0.6 is 35.3 Å². The Morgan fingerprint density at radius 2 is 1.91 bits per heavy atom. The molecule has 1 aromatic carbocycles. The normalized spacial score (nSPS) is 14.8. The Morgan fingerprint density at radius 3 is 2.62 bits per heavy atom. The SMILES string of the molecule is CCc1ccc(CNC(=NC)NCc2cccc(OCCN(C)C3CCOCC3)c2)s1.I. The molecule has 0 aliphatic carbocycles. The van der Waals surface area contributed by atoms with Gasteiger partial charge in [0.1, 0.15) is 12.4 Å². The smallest absolute Gasteiger partial charge is 0.191 e. The molecule has 0 bridgehead atoms. The lowest BCUT2D eigenvalue weighted by Gasteiger charge is -2.31. The lowest BCUT2D eigenvalue weighted by Crippen LogP contribution is -2.38. The van der Waals surface area contributed by atoms with E-state index >= 15 is 0 Å². The third-order valence-corrected chi connectivity index (χ3v) is 6.83. The summed E-state index contributed by atoms with van der Waals surface area (Å²) in [6.45, 7) is 7.02. The molecular weight excluding hydrogens is 535 g/mol. The van der Waals surface area contributed by atoms with Crippen molar-refractivity contribution in [2.45, 2.75) is 45.3 Å². The van der Waals surface area contributed by atoms with Crippen LogP contribution < -0.4 is 15.4 Å². The molecule has 2 heterocycles. The number of nitrogens with zero attached hydrogens (tertiary/aromatic N) is 2. The molecule has 0 atom stereocenters. The van der Waals surface area contributed by atoms with E-state index in [2.05, 4.69) is 58.8 Å². The van der Waals surface area contributed by atoms with Crippen molar-refractivity contribution in [3.63, 3.8) is 0 Å². The first-order valence-electron chi connectivity index (χ1n) is 11.2. The number of rotatable bonds is 10. The Balaban J connectivity index is 0.00000363. The monoisotopic (exact) mass is 572 g/mol. The number of benzene rings is 1. The second-order valence-corrected chi connectivity index (χ2v) is 9.07. The number of guanidine groups is 1. The number of likely N-dealkylation sites (N-methyl/N-ethyl adjacent to an activating group) is 1. The molecular formula is C24H37IN4O2S. The van der Waals surface area contributed by atoms with Crippen LogP contribution in [0.2, 0.25) is 0 Å². The highest BCUT2D eigenvalue weighted by Crippen LogP contribution is 2.17. The van der Waals surface area contributed by atoms with Crippen molar-refractivity contribution in [1.29, 1.82) is 0 Å². The summed E-state index contributed by atoms with van der Waals surface area (Å²) in [6, 6.07) is 13.3. The summed E-state index contributed by atoms with van der Waals surface area (Å²) in [6.07, 6.45) is 3.31. The van der Waals surface area contributed by atoms with Gasteiger partial charge in [-0.2, -0.15) is 0 Å². The largest absolute Gasteiger partial charge is 0.492 e. The number of aliphatic imine (C=N–C) groups is 1. The zero-order valence-electron chi connectivity index (χ0n) is 19.4. The molecule has 1 aromatic heterocycles. The van der Waals surface area contributed by atoms with Crippen LogP contribution in [0, 0.1) is 0 Å². The van der Waals surface area contributed by atoms with Gasteiger partial charge in [-0.05, 0) is 56.1 Å². The minimum absolute atomic E-state index is 0. The van der Waals surface area contributed by atoms with E-state index in [1.54, 1.807) is 7.05 Å². The quantitative estimate of drug-likeness (QED) is 0.253. The van der Waals surface area contributed by atoms with Crippen LogP contribution in [0.3, 0.4) is 0 Å². The van der Waals surface area contributed by atoms with Crippen molar-refractivity contribution in [1.82, 2.24) is 15.5 Å². The number of hydrogen-bond donors (Lipinski definition) is 2. The maximum atomic E-state index is 6.01. The zero-order valence-corrected chi connectivity index (χ0v) is 22.6. The van der Waals surface area contributed by atoms with Gasteiger partial charge < -0.3 is 20.1 Å². The third-order valence-electron chi connectivity index (χ3n) is 5.60. The molecule has 0 spiro atoms. The third kappa shape index (κ3) is 8.88. The number of nitrogens with one attached hydrogen (secondary N) is 2. The highest BCUT2D eigenvalue weighted by atomic mass is 127. The summed E-state index contributed by atoms with van der Waals surface area (Å²) in [5.41, 5.74) is 1.17. The van der Waals surface area contributed by atoms with E-state index < -0.39 is 0 Å². The minimum atomic E-state index is 0. The molecule has 2 aromatic rings. The van der Waals surface area contributed by atoms with Crippen molar-refractivity contribution in [3.05, 3.63) is 51.7 Å². The Morgan fingerprint density at radius 1 is 1.16 bits per heavy atom. The van der Waals surface area contributed by atoms with Crippen molar-refractivity contribution < 1.29 is 9.47 Å². The number of thiophene rings is 1. The molecule has 3 rings (SSSR count). The second-order valence-electron chi connectivity index (χ2n) is 7.82. The van der Waals surface area contributed by atoms with Crippen LogP contribution in [0.25, 0.3) is 0 Å². The Hall–Kier alpha value is -1.36. The van der Waals surface area contributed by atoms with Crippen molar-refractivity contribution in [2.24, 2.45) is 4.99 Å². The summed E-state index contributed by atoms with van der Waals surface area (Å²) in [5, 5.41) is 6.78. The van der Waals surface area contributed by atoms with Crippen LogP contribution in [-0.4, -0.2) is 57.4 Å². The molecule has 8 heteroatoms. The van der Waals surface area contributed by atoms with E-state index in [1.807, 2.05) is 23.5 Å². The fourth-order valence-electron chi connectivity index (χ4n) is 3.65. The highest BCUT2D eigenvalue weighted by molar-refractivity contribution is 14.0. The first kappa shape index (κ1) is 26.9. The topological polar surface area (TPSA) is 58.1 Å². The molecule has 0 unspecified atom stereocenters. The summed E-state index contributed by atoms with van der Waals surface area (Å²) < 4.78 is 11.5. The number of hydrogen-bond acceptors (Lipinski definition) is 5. The summed E-state index contributed by atoms with van der Waals surface area (Å²) in [4.78, 5) is 9.46. The molecule has 1 fully saturated rings. The van der Waals surface area contributed by atoms with Gasteiger partial charge in [-0.15, -0.1) is 35.3 Å². The molecule has 178 valence electrons. The van der Waals surface area contributed by atoms with Gasteiger partial charge in [-0.25, -0.2) is 0 Å².